The van der Waals surface area contributed by atoms with Gasteiger partial charge in [-0.3, -0.25) is 0 Å². The van der Waals surface area contributed by atoms with Crippen LogP contribution in [-0.4, -0.2) is 18.3 Å². The van der Waals surface area contributed by atoms with E-state index in [1.54, 1.807) is 0 Å². The number of halogens is 3. The van der Waals surface area contributed by atoms with Crippen molar-refractivity contribution in [2.24, 2.45) is 0 Å². The summed E-state index contributed by atoms with van der Waals surface area (Å²) < 4.78 is 37.7. The number of hydrogen-bond acceptors (Lipinski definition) is 2. The molecule has 2 rings (SSSR count). The summed E-state index contributed by atoms with van der Waals surface area (Å²) in [4.78, 5) is 0. The topological polar surface area (TPSA) is 32.3 Å². The lowest BCUT2D eigenvalue weighted by atomic mass is 9.98. The van der Waals surface area contributed by atoms with Crippen LogP contribution < -0.4 is 5.32 Å². The first kappa shape index (κ1) is 17.5. The average Bonchev–Trinajstić information content (AvgIpc) is 2.55. The normalized spacial score (nSPS) is 14.5. The van der Waals surface area contributed by atoms with Crippen LogP contribution in [0, 0.1) is 0 Å². The number of benzene rings is 2. The van der Waals surface area contributed by atoms with E-state index in [0.717, 1.165) is 23.3 Å². The molecule has 2 N–H and O–H groups in total. The van der Waals surface area contributed by atoms with E-state index in [-0.39, 0.29) is 18.6 Å². The minimum atomic E-state index is -4.31. The molecule has 0 heterocycles. The van der Waals surface area contributed by atoms with Gasteiger partial charge in [-0.25, -0.2) is 0 Å². The largest absolute Gasteiger partial charge is 0.416 e. The molecule has 2 atom stereocenters. The molecule has 23 heavy (non-hydrogen) atoms. The van der Waals surface area contributed by atoms with Crippen LogP contribution in [0.2, 0.25) is 0 Å². The summed E-state index contributed by atoms with van der Waals surface area (Å²) in [5.41, 5.74) is 1.17. The Balaban J connectivity index is 1.97. The van der Waals surface area contributed by atoms with Gasteiger partial charge in [0.2, 0.25) is 0 Å². The minimum absolute atomic E-state index is 0.0371. The zero-order valence-corrected chi connectivity index (χ0v) is 12.8. The molecule has 0 aliphatic heterocycles. The van der Waals surface area contributed by atoms with Crippen LogP contribution in [0.1, 0.15) is 35.6 Å². The standard InChI is InChI=1S/C18H20F3NO/c1-13(14-7-9-16(10-8-14)18(19,20)21)11-22-17(12-23)15-5-3-2-4-6-15/h2-10,13,17,22-23H,11-12H2,1H3/t13-,17-/m1/s1. The third kappa shape index (κ3) is 4.81. The molecule has 0 fully saturated rings. The summed E-state index contributed by atoms with van der Waals surface area (Å²) in [5, 5.41) is 12.8. The van der Waals surface area contributed by atoms with E-state index in [1.807, 2.05) is 37.3 Å². The average molecular weight is 323 g/mol. The van der Waals surface area contributed by atoms with Gasteiger partial charge < -0.3 is 10.4 Å². The van der Waals surface area contributed by atoms with Gasteiger partial charge in [-0.2, -0.15) is 13.2 Å². The first-order valence-electron chi connectivity index (χ1n) is 7.48. The maximum atomic E-state index is 12.6. The van der Waals surface area contributed by atoms with Crippen LogP contribution >= 0.6 is 0 Å². The van der Waals surface area contributed by atoms with Gasteiger partial charge >= 0.3 is 6.18 Å². The van der Waals surface area contributed by atoms with Crippen LogP contribution in [0.3, 0.4) is 0 Å². The molecular weight excluding hydrogens is 303 g/mol. The molecule has 2 aromatic carbocycles. The molecule has 2 nitrogen and oxygen atoms in total. The number of aliphatic hydroxyl groups is 1. The van der Waals surface area contributed by atoms with E-state index in [4.69, 9.17) is 0 Å². The zero-order valence-electron chi connectivity index (χ0n) is 12.8. The van der Waals surface area contributed by atoms with Crippen molar-refractivity contribution in [1.82, 2.24) is 5.32 Å². The SMILES string of the molecule is C[C@H](CN[C@H](CO)c1ccccc1)c1ccc(C(F)(F)F)cc1. The van der Waals surface area contributed by atoms with Gasteiger partial charge in [-0.05, 0) is 29.2 Å². The summed E-state index contributed by atoms with van der Waals surface area (Å²) in [6, 6.07) is 14.6. The van der Waals surface area contributed by atoms with Crippen LogP contribution in [0.4, 0.5) is 13.2 Å². The number of hydrogen-bond donors (Lipinski definition) is 2. The monoisotopic (exact) mass is 323 g/mol. The van der Waals surface area contributed by atoms with Crippen LogP contribution in [0.25, 0.3) is 0 Å². The molecule has 0 saturated carbocycles. The van der Waals surface area contributed by atoms with E-state index in [2.05, 4.69) is 5.32 Å². The van der Waals surface area contributed by atoms with Crippen molar-refractivity contribution in [3.63, 3.8) is 0 Å². The van der Waals surface area contributed by atoms with Gasteiger partial charge in [-0.1, -0.05) is 49.4 Å². The van der Waals surface area contributed by atoms with Crippen molar-refractivity contribution in [1.29, 1.82) is 0 Å². The summed E-state index contributed by atoms with van der Waals surface area (Å²) in [6.07, 6.45) is -4.31. The molecule has 5 heteroatoms. The quantitative estimate of drug-likeness (QED) is 0.838. The summed E-state index contributed by atoms with van der Waals surface area (Å²) in [6.45, 7) is 2.46. The highest BCUT2D eigenvalue weighted by Gasteiger charge is 2.30. The van der Waals surface area contributed by atoms with E-state index in [9.17, 15) is 18.3 Å². The van der Waals surface area contributed by atoms with E-state index in [1.165, 1.54) is 12.1 Å². The van der Waals surface area contributed by atoms with E-state index in [0.29, 0.717) is 6.54 Å². The van der Waals surface area contributed by atoms with Crippen LogP contribution in [-0.2, 0) is 6.18 Å². The molecule has 0 aromatic heterocycles. The maximum absolute atomic E-state index is 12.6. The molecule has 0 bridgehead atoms. The van der Waals surface area contributed by atoms with Crippen molar-refractivity contribution in [2.75, 3.05) is 13.2 Å². The summed E-state index contributed by atoms with van der Waals surface area (Å²) >= 11 is 0. The Morgan fingerprint density at radius 3 is 2.09 bits per heavy atom. The lowest BCUT2D eigenvalue weighted by Crippen LogP contribution is -2.28. The second-order valence-electron chi connectivity index (χ2n) is 5.57. The highest BCUT2D eigenvalue weighted by atomic mass is 19.4. The van der Waals surface area contributed by atoms with Gasteiger partial charge in [0.25, 0.3) is 0 Å². The number of aliphatic hydroxyl groups excluding tert-OH is 1. The fourth-order valence-corrected chi connectivity index (χ4v) is 2.41. The highest BCUT2D eigenvalue weighted by Crippen LogP contribution is 2.30. The van der Waals surface area contributed by atoms with Crippen LogP contribution in [0.15, 0.2) is 54.6 Å². The fraction of sp³-hybridized carbons (Fsp3) is 0.333. The maximum Gasteiger partial charge on any atom is 0.416 e. The molecule has 0 radical (unpaired) electrons. The third-order valence-electron chi connectivity index (χ3n) is 3.86. The van der Waals surface area contributed by atoms with Crippen molar-refractivity contribution in [3.05, 3.63) is 71.3 Å². The Morgan fingerprint density at radius 1 is 0.957 bits per heavy atom. The van der Waals surface area contributed by atoms with E-state index >= 15 is 0 Å². The van der Waals surface area contributed by atoms with Crippen LogP contribution in [0.5, 0.6) is 0 Å². The highest BCUT2D eigenvalue weighted by molar-refractivity contribution is 5.27. The molecule has 0 aliphatic carbocycles. The smallest absolute Gasteiger partial charge is 0.394 e. The van der Waals surface area contributed by atoms with Gasteiger partial charge in [0.15, 0.2) is 0 Å². The molecule has 0 aliphatic rings. The second-order valence-corrected chi connectivity index (χ2v) is 5.57. The molecule has 0 unspecified atom stereocenters. The summed E-state index contributed by atoms with van der Waals surface area (Å²) in [7, 11) is 0. The Labute approximate surface area is 134 Å². The zero-order chi connectivity index (χ0) is 16.9. The Hall–Kier alpha value is -1.85. The van der Waals surface area contributed by atoms with Crippen molar-refractivity contribution in [3.8, 4) is 0 Å². The lowest BCUT2D eigenvalue weighted by molar-refractivity contribution is -0.137. The first-order valence-corrected chi connectivity index (χ1v) is 7.48. The van der Waals surface area contributed by atoms with Gasteiger partial charge in [0, 0.05) is 6.54 Å². The molecular formula is C18H20F3NO. The molecule has 124 valence electrons. The summed E-state index contributed by atoms with van der Waals surface area (Å²) in [5.74, 6) is 0.0371. The third-order valence-corrected chi connectivity index (χ3v) is 3.86. The molecule has 0 saturated heterocycles. The Bertz CT molecular complexity index is 596. The van der Waals surface area contributed by atoms with Crippen molar-refractivity contribution in [2.45, 2.75) is 25.1 Å². The second kappa shape index (κ2) is 7.62. The molecule has 0 amide bonds. The van der Waals surface area contributed by atoms with E-state index < -0.39 is 11.7 Å². The Morgan fingerprint density at radius 2 is 1.57 bits per heavy atom. The molecule has 2 aromatic rings. The van der Waals surface area contributed by atoms with Crippen molar-refractivity contribution < 1.29 is 18.3 Å². The molecule has 0 spiro atoms. The van der Waals surface area contributed by atoms with Crippen molar-refractivity contribution >= 4 is 0 Å². The lowest BCUT2D eigenvalue weighted by Gasteiger charge is -2.20. The fourth-order valence-electron chi connectivity index (χ4n) is 2.41. The first-order chi connectivity index (χ1) is 10.9. The number of alkyl halides is 3. The minimum Gasteiger partial charge on any atom is -0.394 e. The number of nitrogens with one attached hydrogen (secondary N) is 1. The van der Waals surface area contributed by atoms with Gasteiger partial charge in [0.05, 0.1) is 18.2 Å². The Kier molecular flexibility index (Phi) is 5.80. The number of rotatable bonds is 6. The van der Waals surface area contributed by atoms with Gasteiger partial charge in [-0.15, -0.1) is 0 Å². The predicted octanol–water partition coefficient (Wildman–Crippen LogP) is 4.13. The predicted molar refractivity (Wildman–Crippen MR) is 84.1 cm³/mol. The van der Waals surface area contributed by atoms with Gasteiger partial charge in [0.1, 0.15) is 0 Å².